The number of fused-ring (bicyclic) bond motifs is 3. The third-order valence-corrected chi connectivity index (χ3v) is 6.25. The van der Waals surface area contributed by atoms with Gasteiger partial charge in [0.15, 0.2) is 5.13 Å². The number of carbonyl (C=O) groups is 2. The van der Waals surface area contributed by atoms with E-state index in [-0.39, 0.29) is 17.7 Å². The van der Waals surface area contributed by atoms with E-state index in [1.165, 1.54) is 11.3 Å². The minimum Gasteiger partial charge on any atom is -0.481 e. The monoisotopic (exact) mass is 350 g/mol. The molecule has 5 nitrogen and oxygen atoms in total. The topological polar surface area (TPSA) is 79.3 Å². The number of hydrogen-bond donors (Lipinski definition) is 2. The largest absolute Gasteiger partial charge is 0.481 e. The third kappa shape index (κ3) is 2.50. The Balaban J connectivity index is 1.57. The highest BCUT2D eigenvalue weighted by atomic mass is 35.5. The van der Waals surface area contributed by atoms with Crippen LogP contribution in [0.2, 0.25) is 5.02 Å². The standard InChI is InChI=1S/C16H15ClN2O3S/c17-9-3-4-10-11(6-9)23-16(18-10)19-14(20)12-7-1-2-8(5-7)13(12)15(21)22/h3-4,6-8,12-13H,1-2,5H2,(H,21,22)(H,18,19,20)/t7-,8+,12+,13+/m1/s1. The van der Waals surface area contributed by atoms with E-state index < -0.39 is 17.8 Å². The minimum atomic E-state index is -0.853. The Labute approximate surface area is 141 Å². The van der Waals surface area contributed by atoms with Gasteiger partial charge in [-0.05, 0) is 49.3 Å². The highest BCUT2D eigenvalue weighted by Gasteiger charge is 2.54. The number of aromatic nitrogens is 1. The molecular weight excluding hydrogens is 336 g/mol. The predicted molar refractivity (Wildman–Crippen MR) is 88.7 cm³/mol. The molecule has 0 saturated heterocycles. The van der Waals surface area contributed by atoms with Crippen LogP contribution in [0.1, 0.15) is 19.3 Å². The molecule has 1 aromatic heterocycles. The van der Waals surface area contributed by atoms with E-state index >= 15 is 0 Å². The first kappa shape index (κ1) is 14.9. The summed E-state index contributed by atoms with van der Waals surface area (Å²) in [5.41, 5.74) is 0.775. The van der Waals surface area contributed by atoms with Crippen LogP contribution in [0.25, 0.3) is 10.2 Å². The molecule has 0 radical (unpaired) electrons. The molecule has 23 heavy (non-hydrogen) atoms. The smallest absolute Gasteiger partial charge is 0.307 e. The summed E-state index contributed by atoms with van der Waals surface area (Å²) in [6, 6.07) is 5.37. The van der Waals surface area contributed by atoms with Crippen molar-refractivity contribution in [2.75, 3.05) is 5.32 Å². The molecule has 0 aliphatic heterocycles. The molecule has 2 saturated carbocycles. The molecule has 2 N–H and O–H groups in total. The SMILES string of the molecule is O=C(O)[C@H]1[C@H]2CC[C@H](C2)[C@@H]1C(=O)Nc1nc2ccc(Cl)cc2s1. The number of rotatable bonds is 3. The normalized spacial score (nSPS) is 29.1. The van der Waals surface area contributed by atoms with E-state index in [4.69, 9.17) is 11.6 Å². The van der Waals surface area contributed by atoms with Gasteiger partial charge in [-0.1, -0.05) is 22.9 Å². The first-order valence-corrected chi connectivity index (χ1v) is 8.82. The molecule has 120 valence electrons. The second-order valence-corrected chi connectivity index (χ2v) is 7.81. The van der Waals surface area contributed by atoms with Crippen molar-refractivity contribution in [3.05, 3.63) is 23.2 Å². The Morgan fingerprint density at radius 1 is 1.26 bits per heavy atom. The lowest BCUT2D eigenvalue weighted by Gasteiger charge is -2.26. The van der Waals surface area contributed by atoms with Crippen molar-refractivity contribution in [1.29, 1.82) is 0 Å². The van der Waals surface area contributed by atoms with Gasteiger partial charge >= 0.3 is 5.97 Å². The zero-order valence-electron chi connectivity index (χ0n) is 12.2. The Hall–Kier alpha value is -1.66. The van der Waals surface area contributed by atoms with Crippen LogP contribution in [-0.2, 0) is 9.59 Å². The molecule has 4 rings (SSSR count). The van der Waals surface area contributed by atoms with E-state index in [9.17, 15) is 14.7 Å². The van der Waals surface area contributed by atoms with E-state index in [2.05, 4.69) is 10.3 Å². The van der Waals surface area contributed by atoms with Gasteiger partial charge in [0.25, 0.3) is 0 Å². The molecule has 2 aromatic rings. The summed E-state index contributed by atoms with van der Waals surface area (Å²) in [6.45, 7) is 0. The van der Waals surface area contributed by atoms with Gasteiger partial charge in [-0.2, -0.15) is 0 Å². The maximum absolute atomic E-state index is 12.6. The molecule has 0 spiro atoms. The summed E-state index contributed by atoms with van der Waals surface area (Å²) in [6.07, 6.45) is 2.72. The van der Waals surface area contributed by atoms with Gasteiger partial charge in [-0.25, -0.2) is 4.98 Å². The molecule has 7 heteroatoms. The number of amides is 1. The van der Waals surface area contributed by atoms with Gasteiger partial charge in [-0.3, -0.25) is 9.59 Å². The summed E-state index contributed by atoms with van der Waals surface area (Å²) in [7, 11) is 0. The number of halogens is 1. The number of thiazole rings is 1. The second kappa shape index (κ2) is 5.46. The van der Waals surface area contributed by atoms with Crippen molar-refractivity contribution in [2.24, 2.45) is 23.7 Å². The quantitative estimate of drug-likeness (QED) is 0.885. The summed E-state index contributed by atoms with van der Waals surface area (Å²) in [4.78, 5) is 28.5. The number of carboxylic acids is 1. The number of hydrogen-bond acceptors (Lipinski definition) is 4. The second-order valence-electron chi connectivity index (χ2n) is 6.34. The van der Waals surface area contributed by atoms with Crippen LogP contribution in [-0.4, -0.2) is 22.0 Å². The molecule has 2 fully saturated rings. The predicted octanol–water partition coefficient (Wildman–Crippen LogP) is 3.64. The number of nitrogens with one attached hydrogen (secondary N) is 1. The number of aliphatic carboxylic acids is 1. The van der Waals surface area contributed by atoms with Crippen molar-refractivity contribution in [1.82, 2.24) is 4.98 Å². The average molecular weight is 351 g/mol. The van der Waals surface area contributed by atoms with E-state index in [1.54, 1.807) is 12.1 Å². The fourth-order valence-electron chi connectivity index (χ4n) is 4.16. The number of carbonyl (C=O) groups excluding carboxylic acids is 1. The molecule has 1 amide bonds. The van der Waals surface area contributed by atoms with Gasteiger partial charge < -0.3 is 10.4 Å². The van der Waals surface area contributed by atoms with Crippen LogP contribution in [0.5, 0.6) is 0 Å². The Morgan fingerprint density at radius 2 is 2.00 bits per heavy atom. The Kier molecular flexibility index (Phi) is 3.54. The van der Waals surface area contributed by atoms with Crippen molar-refractivity contribution in [3.8, 4) is 0 Å². The molecule has 0 unspecified atom stereocenters. The maximum atomic E-state index is 12.6. The van der Waals surface area contributed by atoms with Gasteiger partial charge in [0.1, 0.15) is 0 Å². The summed E-state index contributed by atoms with van der Waals surface area (Å²) >= 11 is 7.31. The van der Waals surface area contributed by atoms with Crippen LogP contribution in [0.15, 0.2) is 18.2 Å². The van der Waals surface area contributed by atoms with Crippen LogP contribution in [0.4, 0.5) is 5.13 Å². The van der Waals surface area contributed by atoms with Gasteiger partial charge in [0, 0.05) is 5.02 Å². The van der Waals surface area contributed by atoms with Gasteiger partial charge in [-0.15, -0.1) is 0 Å². The zero-order valence-corrected chi connectivity index (χ0v) is 13.7. The lowest BCUT2D eigenvalue weighted by atomic mass is 9.79. The average Bonchev–Trinajstić information content (AvgIpc) is 3.18. The fraction of sp³-hybridized carbons (Fsp3) is 0.438. The van der Waals surface area contributed by atoms with Crippen molar-refractivity contribution < 1.29 is 14.7 Å². The third-order valence-electron chi connectivity index (χ3n) is 5.08. The number of anilines is 1. The number of benzene rings is 1. The molecular formula is C16H15ClN2O3S. The van der Waals surface area contributed by atoms with E-state index in [0.29, 0.717) is 10.2 Å². The Bertz CT molecular complexity index is 806. The molecule has 4 atom stereocenters. The lowest BCUT2D eigenvalue weighted by Crippen LogP contribution is -2.37. The van der Waals surface area contributed by atoms with Crippen LogP contribution < -0.4 is 5.32 Å². The van der Waals surface area contributed by atoms with Gasteiger partial charge in [0.2, 0.25) is 5.91 Å². The van der Waals surface area contributed by atoms with E-state index in [0.717, 1.165) is 29.5 Å². The van der Waals surface area contributed by atoms with Crippen LogP contribution in [0, 0.1) is 23.7 Å². The van der Waals surface area contributed by atoms with Crippen molar-refractivity contribution in [2.45, 2.75) is 19.3 Å². The highest BCUT2D eigenvalue weighted by Crippen LogP contribution is 2.52. The highest BCUT2D eigenvalue weighted by molar-refractivity contribution is 7.22. The van der Waals surface area contributed by atoms with Crippen molar-refractivity contribution in [3.63, 3.8) is 0 Å². The maximum Gasteiger partial charge on any atom is 0.307 e. The van der Waals surface area contributed by atoms with Crippen molar-refractivity contribution >= 4 is 50.2 Å². The fourth-order valence-corrected chi connectivity index (χ4v) is 5.31. The molecule has 2 aliphatic rings. The minimum absolute atomic E-state index is 0.141. The summed E-state index contributed by atoms with van der Waals surface area (Å²) < 4.78 is 0.899. The zero-order chi connectivity index (χ0) is 16.1. The summed E-state index contributed by atoms with van der Waals surface area (Å²) in [5, 5.41) is 13.4. The lowest BCUT2D eigenvalue weighted by molar-refractivity contribution is -0.148. The molecule has 1 aromatic carbocycles. The van der Waals surface area contributed by atoms with Crippen LogP contribution in [0.3, 0.4) is 0 Å². The molecule has 2 bridgehead atoms. The summed E-state index contributed by atoms with van der Waals surface area (Å²) in [5.74, 6) is -1.74. The first-order valence-electron chi connectivity index (χ1n) is 7.62. The molecule has 1 heterocycles. The molecule has 2 aliphatic carbocycles. The Morgan fingerprint density at radius 3 is 2.74 bits per heavy atom. The van der Waals surface area contributed by atoms with Crippen LogP contribution >= 0.6 is 22.9 Å². The van der Waals surface area contributed by atoms with Gasteiger partial charge in [0.05, 0.1) is 22.1 Å². The first-order chi connectivity index (χ1) is 11.0. The number of carboxylic acid groups (broad SMARTS) is 1. The van der Waals surface area contributed by atoms with E-state index in [1.807, 2.05) is 6.07 Å². The number of nitrogens with zero attached hydrogens (tertiary/aromatic N) is 1.